The third-order valence-electron chi connectivity index (χ3n) is 6.61. The Balaban J connectivity index is 1.24. The molecule has 1 spiro atoms. The quantitative estimate of drug-likeness (QED) is 0.602. The van der Waals surface area contributed by atoms with E-state index in [-0.39, 0.29) is 18.4 Å². The van der Waals surface area contributed by atoms with Crippen molar-refractivity contribution in [1.29, 1.82) is 0 Å². The molecular formula is C25H30N4O4. The van der Waals surface area contributed by atoms with E-state index in [1.807, 2.05) is 42.5 Å². The molecular weight excluding hydrogens is 420 g/mol. The number of ether oxygens (including phenoxy) is 1. The molecule has 33 heavy (non-hydrogen) atoms. The lowest BCUT2D eigenvalue weighted by Crippen LogP contribution is -2.50. The van der Waals surface area contributed by atoms with Gasteiger partial charge < -0.3 is 15.4 Å². The van der Waals surface area contributed by atoms with Crippen LogP contribution in [0.4, 0.5) is 4.79 Å². The maximum absolute atomic E-state index is 12.9. The van der Waals surface area contributed by atoms with Gasteiger partial charge >= 0.3 is 6.03 Å². The lowest BCUT2D eigenvalue weighted by atomic mass is 9.75. The fraction of sp³-hybridized carbons (Fsp3) is 0.440. The van der Waals surface area contributed by atoms with E-state index in [0.717, 1.165) is 35.4 Å². The summed E-state index contributed by atoms with van der Waals surface area (Å²) >= 11 is 0. The molecule has 2 fully saturated rings. The molecule has 8 heteroatoms. The second kappa shape index (κ2) is 10.0. The average molecular weight is 451 g/mol. The lowest BCUT2D eigenvalue weighted by Gasteiger charge is -2.34. The van der Waals surface area contributed by atoms with Crippen LogP contribution in [0.2, 0.25) is 0 Å². The van der Waals surface area contributed by atoms with Gasteiger partial charge in [0.05, 0.1) is 5.69 Å². The number of hydrogen-bond donors (Lipinski definition) is 2. The molecule has 174 valence electrons. The van der Waals surface area contributed by atoms with Crippen LogP contribution in [0.1, 0.15) is 50.3 Å². The number of nitrogens with zero attached hydrogens (tertiary/aromatic N) is 2. The molecule has 1 aliphatic carbocycles. The predicted octanol–water partition coefficient (Wildman–Crippen LogP) is 3.17. The van der Waals surface area contributed by atoms with Gasteiger partial charge in [-0.05, 0) is 61.4 Å². The molecule has 0 unspecified atom stereocenters. The number of imide groups is 1. The molecule has 0 bridgehead atoms. The monoisotopic (exact) mass is 450 g/mol. The van der Waals surface area contributed by atoms with Gasteiger partial charge in [-0.2, -0.15) is 0 Å². The Morgan fingerprint density at radius 1 is 1.18 bits per heavy atom. The molecule has 2 heterocycles. The van der Waals surface area contributed by atoms with Gasteiger partial charge in [0.2, 0.25) is 5.91 Å². The van der Waals surface area contributed by atoms with Crippen LogP contribution in [0.3, 0.4) is 0 Å². The van der Waals surface area contributed by atoms with Crippen molar-refractivity contribution in [2.75, 3.05) is 6.54 Å². The van der Waals surface area contributed by atoms with Crippen molar-refractivity contribution in [2.24, 2.45) is 5.92 Å². The van der Waals surface area contributed by atoms with Crippen molar-refractivity contribution in [2.45, 2.75) is 57.7 Å². The maximum atomic E-state index is 12.9. The topological polar surface area (TPSA) is 101 Å². The van der Waals surface area contributed by atoms with Crippen molar-refractivity contribution in [3.63, 3.8) is 0 Å². The molecule has 4 rings (SSSR count). The van der Waals surface area contributed by atoms with E-state index in [4.69, 9.17) is 4.74 Å². The van der Waals surface area contributed by atoms with Crippen molar-refractivity contribution in [3.05, 3.63) is 59.9 Å². The third-order valence-corrected chi connectivity index (χ3v) is 6.61. The van der Waals surface area contributed by atoms with E-state index < -0.39 is 11.6 Å². The number of rotatable bonds is 8. The number of carbonyl (C=O) groups excluding carboxylic acids is 3. The Morgan fingerprint density at radius 2 is 1.94 bits per heavy atom. The Morgan fingerprint density at radius 3 is 2.61 bits per heavy atom. The number of amides is 4. The highest BCUT2D eigenvalue weighted by molar-refractivity contribution is 6.09. The first kappa shape index (κ1) is 22.8. The minimum Gasteiger partial charge on any atom is -0.487 e. The van der Waals surface area contributed by atoms with Crippen LogP contribution in [0.25, 0.3) is 0 Å². The first-order valence-corrected chi connectivity index (χ1v) is 11.5. The fourth-order valence-electron chi connectivity index (χ4n) is 4.48. The molecule has 2 N–H and O–H groups in total. The number of pyridine rings is 1. The summed E-state index contributed by atoms with van der Waals surface area (Å²) in [5.41, 5.74) is 0.906. The van der Waals surface area contributed by atoms with Crippen molar-refractivity contribution in [3.8, 4) is 5.75 Å². The minimum atomic E-state index is -0.825. The molecule has 1 aromatic carbocycles. The standard InChI is InChI=1S/C25H30N4O4/c1-2-18-10-12-25(13-11-18)23(31)29(24(32)28-25)16-22(30)27-15-19-6-8-21(9-7-19)33-17-20-5-3-4-14-26-20/h3-9,14,18H,2,10-13,15-17H2,1H3,(H,27,30)(H,28,32). The second-order valence-corrected chi connectivity index (χ2v) is 8.79. The molecule has 1 saturated heterocycles. The normalized spacial score (nSPS) is 22.3. The maximum Gasteiger partial charge on any atom is 0.325 e. The number of aromatic nitrogens is 1. The van der Waals surface area contributed by atoms with Crippen molar-refractivity contribution >= 4 is 17.8 Å². The largest absolute Gasteiger partial charge is 0.487 e. The average Bonchev–Trinajstić information content (AvgIpc) is 3.07. The number of urea groups is 1. The molecule has 1 saturated carbocycles. The summed E-state index contributed by atoms with van der Waals surface area (Å²) in [6, 6.07) is 12.6. The highest BCUT2D eigenvalue weighted by atomic mass is 16.5. The summed E-state index contributed by atoms with van der Waals surface area (Å²) in [5.74, 6) is 0.669. The molecule has 4 amide bonds. The van der Waals surface area contributed by atoms with E-state index in [0.29, 0.717) is 37.7 Å². The number of benzene rings is 1. The zero-order chi connectivity index (χ0) is 23.3. The minimum absolute atomic E-state index is 0.269. The zero-order valence-electron chi connectivity index (χ0n) is 18.9. The van der Waals surface area contributed by atoms with E-state index in [9.17, 15) is 14.4 Å². The van der Waals surface area contributed by atoms with Crippen LogP contribution in [0.5, 0.6) is 5.75 Å². The Labute approximate surface area is 193 Å². The summed E-state index contributed by atoms with van der Waals surface area (Å²) in [6.45, 7) is 2.56. The Hall–Kier alpha value is -3.42. The molecule has 2 aliphatic rings. The smallest absolute Gasteiger partial charge is 0.325 e. The molecule has 1 aliphatic heterocycles. The number of hydrogen-bond acceptors (Lipinski definition) is 5. The van der Waals surface area contributed by atoms with Crippen LogP contribution in [0, 0.1) is 5.92 Å². The van der Waals surface area contributed by atoms with Gasteiger partial charge in [0, 0.05) is 12.7 Å². The second-order valence-electron chi connectivity index (χ2n) is 8.79. The summed E-state index contributed by atoms with van der Waals surface area (Å²) in [6.07, 6.45) is 5.93. The SMILES string of the molecule is CCC1CCC2(CC1)NC(=O)N(CC(=O)NCc1ccc(OCc3ccccn3)cc1)C2=O. The van der Waals surface area contributed by atoms with E-state index in [1.165, 1.54) is 0 Å². The highest BCUT2D eigenvalue weighted by Gasteiger charge is 2.52. The molecule has 0 atom stereocenters. The van der Waals surface area contributed by atoms with Crippen LogP contribution in [-0.2, 0) is 22.7 Å². The van der Waals surface area contributed by atoms with Gasteiger partial charge in [0.25, 0.3) is 5.91 Å². The summed E-state index contributed by atoms with van der Waals surface area (Å²) in [7, 11) is 0. The lowest BCUT2D eigenvalue weighted by molar-refractivity contribution is -0.136. The van der Waals surface area contributed by atoms with Crippen LogP contribution < -0.4 is 15.4 Å². The number of carbonyl (C=O) groups is 3. The molecule has 1 aromatic heterocycles. The van der Waals surface area contributed by atoms with Crippen LogP contribution >= 0.6 is 0 Å². The van der Waals surface area contributed by atoms with Crippen molar-refractivity contribution in [1.82, 2.24) is 20.5 Å². The van der Waals surface area contributed by atoms with Gasteiger partial charge in [-0.1, -0.05) is 31.5 Å². The molecule has 8 nitrogen and oxygen atoms in total. The third kappa shape index (κ3) is 5.32. The summed E-state index contributed by atoms with van der Waals surface area (Å²) < 4.78 is 5.71. The highest BCUT2D eigenvalue weighted by Crippen LogP contribution is 2.37. The molecule has 0 radical (unpaired) electrons. The van der Waals surface area contributed by atoms with Gasteiger partial charge in [-0.3, -0.25) is 19.5 Å². The van der Waals surface area contributed by atoms with Crippen molar-refractivity contribution < 1.29 is 19.1 Å². The van der Waals surface area contributed by atoms with Crippen LogP contribution in [-0.4, -0.2) is 39.8 Å². The zero-order valence-corrected chi connectivity index (χ0v) is 18.9. The van der Waals surface area contributed by atoms with Crippen LogP contribution in [0.15, 0.2) is 48.7 Å². The number of nitrogens with one attached hydrogen (secondary N) is 2. The summed E-state index contributed by atoms with van der Waals surface area (Å²) in [4.78, 5) is 43.1. The van der Waals surface area contributed by atoms with Gasteiger partial charge in [0.15, 0.2) is 0 Å². The van der Waals surface area contributed by atoms with E-state index >= 15 is 0 Å². The Kier molecular flexibility index (Phi) is 6.91. The van der Waals surface area contributed by atoms with Gasteiger partial charge in [-0.25, -0.2) is 4.79 Å². The predicted molar refractivity (Wildman–Crippen MR) is 122 cm³/mol. The van der Waals surface area contributed by atoms with Gasteiger partial charge in [-0.15, -0.1) is 0 Å². The fourth-order valence-corrected chi connectivity index (χ4v) is 4.48. The first-order valence-electron chi connectivity index (χ1n) is 11.5. The Bertz CT molecular complexity index is 985. The molecule has 2 aromatic rings. The van der Waals surface area contributed by atoms with E-state index in [2.05, 4.69) is 22.5 Å². The first-order chi connectivity index (χ1) is 16.0. The summed E-state index contributed by atoms with van der Waals surface area (Å²) in [5, 5.41) is 5.65. The van der Waals surface area contributed by atoms with Gasteiger partial charge in [0.1, 0.15) is 24.4 Å². The van der Waals surface area contributed by atoms with E-state index in [1.54, 1.807) is 6.20 Å².